The number of ether oxygens (including phenoxy) is 1. The Balaban J connectivity index is 3.01. The highest BCUT2D eigenvalue weighted by atomic mass is 32.1. The minimum absolute atomic E-state index is 0.271. The lowest BCUT2D eigenvalue weighted by Crippen LogP contribution is -2.26. The molecule has 0 aromatic heterocycles. The number of thiol groups is 1. The number of aliphatic hydroxyl groups is 2. The summed E-state index contributed by atoms with van der Waals surface area (Å²) in [5.41, 5.74) is 0.0305. The first kappa shape index (κ1) is 17.0. The molecule has 5 heteroatoms. The molecular formula is C15H22O4S. The van der Waals surface area contributed by atoms with Gasteiger partial charge >= 0.3 is 5.97 Å². The zero-order chi connectivity index (χ0) is 15.3. The summed E-state index contributed by atoms with van der Waals surface area (Å²) in [5.74, 6) is -0.0578. The first-order chi connectivity index (χ1) is 9.26. The van der Waals surface area contributed by atoms with Crippen LogP contribution < -0.4 is 0 Å². The van der Waals surface area contributed by atoms with E-state index in [2.05, 4.69) is 12.6 Å². The monoisotopic (exact) mass is 298 g/mol. The maximum absolute atomic E-state index is 12.1. The summed E-state index contributed by atoms with van der Waals surface area (Å²) in [6.07, 6.45) is -1.76. The number of carbonyl (C=O) groups excluding carboxylic acids is 1. The molecule has 0 aliphatic rings. The molecule has 2 atom stereocenters. The van der Waals surface area contributed by atoms with Crippen molar-refractivity contribution in [2.75, 3.05) is 5.75 Å². The smallest absolute Gasteiger partial charge is 0.339 e. The molecule has 0 saturated heterocycles. The third-order valence-corrected chi connectivity index (χ3v) is 2.95. The summed E-state index contributed by atoms with van der Waals surface area (Å²) in [6, 6.07) is 6.60. The highest BCUT2D eigenvalue weighted by molar-refractivity contribution is 7.80. The lowest BCUT2D eigenvalue weighted by molar-refractivity contribution is 0.00297. The first-order valence-corrected chi connectivity index (χ1v) is 7.19. The molecule has 2 unspecified atom stereocenters. The molecule has 0 amide bonds. The van der Waals surface area contributed by atoms with Crippen molar-refractivity contribution in [2.24, 2.45) is 0 Å². The molecule has 1 aromatic carbocycles. The van der Waals surface area contributed by atoms with Gasteiger partial charge in [-0.15, -0.1) is 0 Å². The van der Waals surface area contributed by atoms with Crippen LogP contribution in [0, 0.1) is 0 Å². The van der Waals surface area contributed by atoms with Crippen LogP contribution in [0.25, 0.3) is 0 Å². The minimum Gasteiger partial charge on any atom is -0.456 e. The second-order valence-electron chi connectivity index (χ2n) is 5.61. The average Bonchev–Trinajstić information content (AvgIpc) is 2.36. The third-order valence-electron chi connectivity index (χ3n) is 2.69. The zero-order valence-electron chi connectivity index (χ0n) is 12.0. The van der Waals surface area contributed by atoms with Crippen molar-refractivity contribution in [1.82, 2.24) is 0 Å². The van der Waals surface area contributed by atoms with Gasteiger partial charge in [-0.3, -0.25) is 0 Å². The van der Waals surface area contributed by atoms with Crippen molar-refractivity contribution in [3.63, 3.8) is 0 Å². The fraction of sp³-hybridized carbons (Fsp3) is 0.533. The van der Waals surface area contributed by atoms with Crippen molar-refractivity contribution in [2.45, 2.75) is 45.0 Å². The van der Waals surface area contributed by atoms with Gasteiger partial charge in [0.25, 0.3) is 0 Å². The van der Waals surface area contributed by atoms with Crippen molar-refractivity contribution in [1.29, 1.82) is 0 Å². The fourth-order valence-corrected chi connectivity index (χ4v) is 2.04. The highest BCUT2D eigenvalue weighted by Crippen LogP contribution is 2.24. The Morgan fingerprint density at radius 2 is 1.90 bits per heavy atom. The largest absolute Gasteiger partial charge is 0.456 e. The topological polar surface area (TPSA) is 66.8 Å². The number of aliphatic hydroxyl groups excluding tert-OH is 2. The van der Waals surface area contributed by atoms with E-state index in [1.54, 1.807) is 45.0 Å². The Bertz CT molecular complexity index is 453. The van der Waals surface area contributed by atoms with Crippen LogP contribution >= 0.6 is 12.6 Å². The number of hydrogen-bond acceptors (Lipinski definition) is 5. The van der Waals surface area contributed by atoms with Crippen LogP contribution in [-0.2, 0) is 4.74 Å². The van der Waals surface area contributed by atoms with Crippen molar-refractivity contribution < 1.29 is 19.7 Å². The van der Waals surface area contributed by atoms with Crippen molar-refractivity contribution in [3.8, 4) is 0 Å². The van der Waals surface area contributed by atoms with Gasteiger partial charge in [0.15, 0.2) is 0 Å². The van der Waals surface area contributed by atoms with E-state index >= 15 is 0 Å². The van der Waals surface area contributed by atoms with E-state index in [0.717, 1.165) is 0 Å². The third kappa shape index (κ3) is 4.81. The summed E-state index contributed by atoms with van der Waals surface area (Å²) in [6.45, 7) is 5.33. The average molecular weight is 298 g/mol. The molecule has 0 saturated carbocycles. The summed E-state index contributed by atoms with van der Waals surface area (Å²) < 4.78 is 5.31. The van der Waals surface area contributed by atoms with E-state index in [1.807, 2.05) is 0 Å². The molecule has 2 N–H and O–H groups in total. The van der Waals surface area contributed by atoms with Gasteiger partial charge in [-0.2, -0.15) is 12.6 Å². The van der Waals surface area contributed by atoms with Crippen LogP contribution in [0.3, 0.4) is 0 Å². The maximum atomic E-state index is 12.1. The summed E-state index contributed by atoms with van der Waals surface area (Å²) in [5, 5.41) is 20.0. The Kier molecular flexibility index (Phi) is 6.05. The highest BCUT2D eigenvalue weighted by Gasteiger charge is 2.25. The van der Waals surface area contributed by atoms with Gasteiger partial charge in [-0.05, 0) is 44.6 Å². The number of benzene rings is 1. The Hall–Kier alpha value is -1.04. The Labute approximate surface area is 125 Å². The van der Waals surface area contributed by atoms with Crippen LogP contribution in [-0.4, -0.2) is 33.6 Å². The minimum atomic E-state index is -1.13. The number of esters is 1. The van der Waals surface area contributed by atoms with Crippen LogP contribution in [0.4, 0.5) is 0 Å². The quantitative estimate of drug-likeness (QED) is 0.577. The van der Waals surface area contributed by atoms with Crippen LogP contribution in [0.1, 0.15) is 49.2 Å². The van der Waals surface area contributed by atoms with Gasteiger partial charge in [0, 0.05) is 0 Å². The number of hydrogen-bond donors (Lipinski definition) is 3. The molecule has 1 aromatic rings. The van der Waals surface area contributed by atoms with Crippen molar-refractivity contribution in [3.05, 3.63) is 35.4 Å². The normalized spacial score (nSPS) is 14.7. The Morgan fingerprint density at radius 3 is 2.45 bits per heavy atom. The van der Waals surface area contributed by atoms with Crippen LogP contribution in [0.5, 0.6) is 0 Å². The molecule has 0 spiro atoms. The van der Waals surface area contributed by atoms with Crippen molar-refractivity contribution >= 4 is 18.6 Å². The predicted molar refractivity (Wildman–Crippen MR) is 81.0 cm³/mol. The molecule has 0 fully saturated rings. The van der Waals surface area contributed by atoms with Crippen LogP contribution in [0.2, 0.25) is 0 Å². The summed E-state index contributed by atoms with van der Waals surface area (Å²) >= 11 is 4.03. The second-order valence-corrected chi connectivity index (χ2v) is 6.06. The molecular weight excluding hydrogens is 276 g/mol. The van der Waals surface area contributed by atoms with E-state index in [1.165, 1.54) is 0 Å². The molecule has 0 aliphatic heterocycles. The fourth-order valence-electron chi connectivity index (χ4n) is 1.77. The van der Waals surface area contributed by atoms with Gasteiger partial charge in [0.1, 0.15) is 11.7 Å². The molecule has 112 valence electrons. The lowest BCUT2D eigenvalue weighted by Gasteiger charge is -2.23. The molecule has 4 nitrogen and oxygen atoms in total. The van der Waals surface area contributed by atoms with Gasteiger partial charge in [0.2, 0.25) is 0 Å². The molecule has 20 heavy (non-hydrogen) atoms. The summed E-state index contributed by atoms with van der Waals surface area (Å²) in [4.78, 5) is 12.1. The van der Waals surface area contributed by atoms with Gasteiger partial charge in [-0.1, -0.05) is 18.2 Å². The van der Waals surface area contributed by atoms with E-state index in [9.17, 15) is 15.0 Å². The van der Waals surface area contributed by atoms with Crippen LogP contribution in [0.15, 0.2) is 24.3 Å². The van der Waals surface area contributed by atoms with E-state index in [-0.39, 0.29) is 5.56 Å². The molecule has 0 heterocycles. The lowest BCUT2D eigenvalue weighted by atomic mass is 9.97. The maximum Gasteiger partial charge on any atom is 0.339 e. The van der Waals surface area contributed by atoms with E-state index in [0.29, 0.717) is 17.7 Å². The van der Waals surface area contributed by atoms with Gasteiger partial charge in [-0.25, -0.2) is 4.79 Å². The second kappa shape index (κ2) is 7.11. The SMILES string of the molecule is CC(C)(C)OC(=O)c1ccccc1C(O)C(O)CCS. The standard InChI is InChI=1S/C15H22O4S/c1-15(2,3)19-14(18)11-7-5-4-6-10(11)13(17)12(16)8-9-20/h4-7,12-13,16-17,20H,8-9H2,1-3H3. The van der Waals surface area contributed by atoms with Gasteiger partial charge < -0.3 is 14.9 Å². The number of rotatable bonds is 5. The molecule has 0 aliphatic carbocycles. The Morgan fingerprint density at radius 1 is 1.30 bits per heavy atom. The predicted octanol–water partition coefficient (Wildman–Crippen LogP) is 2.36. The first-order valence-electron chi connectivity index (χ1n) is 6.55. The number of carbonyl (C=O) groups is 1. The summed E-state index contributed by atoms with van der Waals surface area (Å²) in [7, 11) is 0. The molecule has 0 bridgehead atoms. The van der Waals surface area contributed by atoms with Gasteiger partial charge in [0.05, 0.1) is 11.7 Å². The van der Waals surface area contributed by atoms with E-state index < -0.39 is 23.8 Å². The molecule has 1 rings (SSSR count). The zero-order valence-corrected chi connectivity index (χ0v) is 12.9. The van der Waals surface area contributed by atoms with E-state index in [4.69, 9.17) is 4.74 Å². The molecule has 0 radical (unpaired) electrons.